The maximum Gasteiger partial charge on any atom is 0.161 e. The molecule has 0 aliphatic heterocycles. The summed E-state index contributed by atoms with van der Waals surface area (Å²) in [6.45, 7) is 11.3. The minimum absolute atomic E-state index is 0.265. The van der Waals surface area contributed by atoms with Crippen LogP contribution in [0.1, 0.15) is 60.3 Å². The molecule has 0 saturated carbocycles. The summed E-state index contributed by atoms with van der Waals surface area (Å²) in [6.07, 6.45) is 8.85. The van der Waals surface area contributed by atoms with Crippen LogP contribution in [0.3, 0.4) is 0 Å². The third-order valence-electron chi connectivity index (χ3n) is 5.67. The van der Waals surface area contributed by atoms with E-state index in [-0.39, 0.29) is 5.92 Å². The fourth-order valence-corrected chi connectivity index (χ4v) is 3.89. The maximum absolute atomic E-state index is 12.3. The first-order valence-corrected chi connectivity index (χ1v) is 7.83. The highest BCUT2D eigenvalue weighted by Gasteiger charge is 2.42. The lowest BCUT2D eigenvalue weighted by molar-refractivity contribution is -0.120. The third-order valence-corrected chi connectivity index (χ3v) is 5.67. The van der Waals surface area contributed by atoms with E-state index in [1.54, 1.807) is 0 Å². The summed E-state index contributed by atoms with van der Waals surface area (Å²) in [5.74, 6) is 1.95. The lowest BCUT2D eigenvalue weighted by Gasteiger charge is -2.38. The number of ketones is 1. The van der Waals surface area contributed by atoms with Gasteiger partial charge in [0.05, 0.1) is 0 Å². The molecule has 2 rings (SSSR count). The Bertz CT molecular complexity index is 425. The SMILES string of the molecule is CCC1=CC(C2CC=C(C)C2(C)C)CC(CC)C1=O. The molecule has 106 valence electrons. The van der Waals surface area contributed by atoms with E-state index in [0.29, 0.717) is 23.0 Å². The topological polar surface area (TPSA) is 17.1 Å². The molecule has 0 aromatic carbocycles. The van der Waals surface area contributed by atoms with Crippen molar-refractivity contribution in [1.82, 2.24) is 0 Å². The first-order valence-electron chi connectivity index (χ1n) is 7.83. The van der Waals surface area contributed by atoms with Crippen LogP contribution in [-0.4, -0.2) is 5.78 Å². The Morgan fingerprint density at radius 1 is 1.32 bits per heavy atom. The van der Waals surface area contributed by atoms with Crippen molar-refractivity contribution >= 4 is 5.78 Å². The number of carbonyl (C=O) groups excluding carboxylic acids is 1. The molecule has 19 heavy (non-hydrogen) atoms. The highest BCUT2D eigenvalue weighted by atomic mass is 16.1. The van der Waals surface area contributed by atoms with Gasteiger partial charge in [0.15, 0.2) is 5.78 Å². The van der Waals surface area contributed by atoms with E-state index in [2.05, 4.69) is 46.8 Å². The number of hydrogen-bond donors (Lipinski definition) is 0. The van der Waals surface area contributed by atoms with Gasteiger partial charge in [0, 0.05) is 5.92 Å². The number of Topliss-reactive ketones (excluding diaryl/α,β-unsaturated/α-hetero) is 1. The Hall–Kier alpha value is -0.850. The van der Waals surface area contributed by atoms with Gasteiger partial charge >= 0.3 is 0 Å². The zero-order valence-corrected chi connectivity index (χ0v) is 13.1. The average Bonchev–Trinajstić information content (AvgIpc) is 2.65. The van der Waals surface area contributed by atoms with Crippen LogP contribution < -0.4 is 0 Å². The summed E-state index contributed by atoms with van der Waals surface area (Å²) in [7, 11) is 0. The monoisotopic (exact) mass is 260 g/mol. The predicted octanol–water partition coefficient (Wildman–Crippen LogP) is 4.93. The molecule has 0 aromatic heterocycles. The van der Waals surface area contributed by atoms with Crippen LogP contribution in [0.2, 0.25) is 0 Å². The Balaban J connectivity index is 2.26. The molecular formula is C18H28O. The summed E-state index contributed by atoms with van der Waals surface area (Å²) >= 11 is 0. The minimum Gasteiger partial charge on any atom is -0.294 e. The summed E-state index contributed by atoms with van der Waals surface area (Å²) in [5, 5.41) is 0. The Kier molecular flexibility index (Phi) is 4.03. The van der Waals surface area contributed by atoms with Crippen LogP contribution in [0.25, 0.3) is 0 Å². The van der Waals surface area contributed by atoms with E-state index in [9.17, 15) is 4.79 Å². The Labute approximate surface area is 118 Å². The van der Waals surface area contributed by atoms with Crippen molar-refractivity contribution in [2.45, 2.75) is 60.3 Å². The highest BCUT2D eigenvalue weighted by Crippen LogP contribution is 2.50. The van der Waals surface area contributed by atoms with Crippen molar-refractivity contribution in [2.75, 3.05) is 0 Å². The second kappa shape index (κ2) is 5.26. The molecule has 2 aliphatic carbocycles. The van der Waals surface area contributed by atoms with Gasteiger partial charge in [-0.3, -0.25) is 4.79 Å². The fourth-order valence-electron chi connectivity index (χ4n) is 3.89. The number of allylic oxidation sites excluding steroid dienone is 4. The molecule has 1 heteroatoms. The van der Waals surface area contributed by atoms with Crippen LogP contribution in [0, 0.1) is 23.2 Å². The first-order chi connectivity index (χ1) is 8.91. The van der Waals surface area contributed by atoms with Gasteiger partial charge in [-0.2, -0.15) is 0 Å². The number of rotatable bonds is 3. The van der Waals surface area contributed by atoms with Gasteiger partial charge in [-0.15, -0.1) is 0 Å². The lowest BCUT2D eigenvalue weighted by atomic mass is 9.65. The summed E-state index contributed by atoms with van der Waals surface area (Å²) in [6, 6.07) is 0. The second-order valence-corrected chi connectivity index (χ2v) is 6.87. The van der Waals surface area contributed by atoms with Crippen molar-refractivity contribution in [3.05, 3.63) is 23.3 Å². The summed E-state index contributed by atoms with van der Waals surface area (Å²) in [4.78, 5) is 12.3. The molecule has 0 amide bonds. The molecule has 0 spiro atoms. The van der Waals surface area contributed by atoms with Crippen molar-refractivity contribution in [3.63, 3.8) is 0 Å². The van der Waals surface area contributed by atoms with E-state index in [1.165, 1.54) is 12.0 Å². The smallest absolute Gasteiger partial charge is 0.161 e. The number of carbonyl (C=O) groups is 1. The lowest BCUT2D eigenvalue weighted by Crippen LogP contribution is -2.33. The molecule has 0 aromatic rings. The third kappa shape index (κ3) is 2.44. The molecular weight excluding hydrogens is 232 g/mol. The van der Waals surface area contributed by atoms with Crippen LogP contribution in [-0.2, 0) is 4.79 Å². The standard InChI is InChI=1S/C18H28O/c1-6-13-10-15(11-14(7-2)17(13)19)16-9-8-12(3)18(16,4)5/h8,10,14-16H,6-7,9,11H2,1-5H3. The van der Waals surface area contributed by atoms with Crippen molar-refractivity contribution in [2.24, 2.45) is 23.2 Å². The average molecular weight is 260 g/mol. The summed E-state index contributed by atoms with van der Waals surface area (Å²) < 4.78 is 0. The largest absolute Gasteiger partial charge is 0.294 e. The number of hydrogen-bond acceptors (Lipinski definition) is 1. The summed E-state index contributed by atoms with van der Waals surface area (Å²) in [5.41, 5.74) is 2.90. The molecule has 1 nitrogen and oxygen atoms in total. The first kappa shape index (κ1) is 14.6. The Morgan fingerprint density at radius 2 is 2.00 bits per heavy atom. The molecule has 2 aliphatic rings. The zero-order valence-electron chi connectivity index (χ0n) is 13.1. The molecule has 0 saturated heterocycles. The molecule has 0 fully saturated rings. The van der Waals surface area contributed by atoms with Crippen LogP contribution in [0.15, 0.2) is 23.3 Å². The van der Waals surface area contributed by atoms with E-state index in [4.69, 9.17) is 0 Å². The van der Waals surface area contributed by atoms with Gasteiger partial charge in [-0.05, 0) is 55.4 Å². The van der Waals surface area contributed by atoms with Gasteiger partial charge in [0.25, 0.3) is 0 Å². The van der Waals surface area contributed by atoms with E-state index >= 15 is 0 Å². The van der Waals surface area contributed by atoms with Gasteiger partial charge in [0.1, 0.15) is 0 Å². The molecule has 0 heterocycles. The minimum atomic E-state index is 0.265. The van der Waals surface area contributed by atoms with E-state index < -0.39 is 0 Å². The molecule has 0 N–H and O–H groups in total. The van der Waals surface area contributed by atoms with Crippen molar-refractivity contribution in [1.29, 1.82) is 0 Å². The highest BCUT2D eigenvalue weighted by molar-refractivity contribution is 5.97. The van der Waals surface area contributed by atoms with E-state index in [1.807, 2.05) is 0 Å². The van der Waals surface area contributed by atoms with Gasteiger partial charge in [-0.1, -0.05) is 45.4 Å². The molecule has 0 radical (unpaired) electrons. The van der Waals surface area contributed by atoms with Gasteiger partial charge in [0.2, 0.25) is 0 Å². The van der Waals surface area contributed by atoms with Crippen LogP contribution >= 0.6 is 0 Å². The second-order valence-electron chi connectivity index (χ2n) is 6.87. The Morgan fingerprint density at radius 3 is 2.47 bits per heavy atom. The fraction of sp³-hybridized carbons (Fsp3) is 0.722. The van der Waals surface area contributed by atoms with Gasteiger partial charge in [-0.25, -0.2) is 0 Å². The van der Waals surface area contributed by atoms with Crippen LogP contribution in [0.4, 0.5) is 0 Å². The maximum atomic E-state index is 12.3. The molecule has 3 unspecified atom stereocenters. The van der Waals surface area contributed by atoms with E-state index in [0.717, 1.165) is 24.8 Å². The van der Waals surface area contributed by atoms with Gasteiger partial charge < -0.3 is 0 Å². The zero-order chi connectivity index (χ0) is 14.2. The normalized spacial score (nSPS) is 34.2. The quantitative estimate of drug-likeness (QED) is 0.657. The predicted molar refractivity (Wildman–Crippen MR) is 80.9 cm³/mol. The van der Waals surface area contributed by atoms with Crippen molar-refractivity contribution < 1.29 is 4.79 Å². The van der Waals surface area contributed by atoms with Crippen molar-refractivity contribution in [3.8, 4) is 0 Å². The molecule has 3 atom stereocenters. The molecule has 0 bridgehead atoms. The van der Waals surface area contributed by atoms with Crippen LogP contribution in [0.5, 0.6) is 0 Å².